The van der Waals surface area contributed by atoms with Crippen molar-refractivity contribution in [1.29, 1.82) is 0 Å². The fourth-order valence-electron chi connectivity index (χ4n) is 1.93. The Kier molecular flexibility index (Phi) is 4.98. The number of rotatable bonds is 5. The summed E-state index contributed by atoms with van der Waals surface area (Å²) in [6.45, 7) is 1.95. The van der Waals surface area contributed by atoms with E-state index < -0.39 is 0 Å². The Hall–Kier alpha value is -1.86. The fraction of sp³-hybridized carbons (Fsp3) is 0.286. The first-order chi connectivity index (χ1) is 10.0. The lowest BCUT2D eigenvalue weighted by atomic mass is 10.0. The third-order valence-electron chi connectivity index (χ3n) is 3.05. The molecule has 5 nitrogen and oxygen atoms in total. The van der Waals surface area contributed by atoms with Gasteiger partial charge in [0.15, 0.2) is 5.16 Å². The molecule has 0 bridgehead atoms. The van der Waals surface area contributed by atoms with Crippen molar-refractivity contribution in [3.8, 4) is 0 Å². The Labute approximate surface area is 127 Å². The molecule has 2 atom stereocenters. The van der Waals surface area contributed by atoms with Crippen LogP contribution >= 0.6 is 11.8 Å². The van der Waals surface area contributed by atoms with Crippen LogP contribution in [0.3, 0.4) is 0 Å². The summed E-state index contributed by atoms with van der Waals surface area (Å²) in [7, 11) is 0. The molecule has 112 valence electrons. The van der Waals surface area contributed by atoms with Gasteiger partial charge in [0.05, 0.1) is 5.25 Å². The highest BCUT2D eigenvalue weighted by atomic mass is 32.2. The maximum atomic E-state index is 14.0. The number of hydrogen-bond donors (Lipinski definition) is 3. The first kappa shape index (κ1) is 15.5. The normalized spacial score (nSPS) is 13.9. The van der Waals surface area contributed by atoms with Crippen LogP contribution in [0.25, 0.3) is 0 Å². The summed E-state index contributed by atoms with van der Waals surface area (Å²) in [5.41, 5.74) is 18.0. The van der Waals surface area contributed by atoms with E-state index in [1.54, 1.807) is 18.2 Å². The second kappa shape index (κ2) is 6.73. The minimum Gasteiger partial charge on any atom is -0.383 e. The molecule has 0 aliphatic heterocycles. The highest BCUT2D eigenvalue weighted by Crippen LogP contribution is 2.38. The third kappa shape index (κ3) is 3.83. The highest BCUT2D eigenvalue weighted by molar-refractivity contribution is 7.99. The van der Waals surface area contributed by atoms with Gasteiger partial charge in [0.2, 0.25) is 0 Å². The monoisotopic (exact) mass is 307 g/mol. The number of nitrogens with zero attached hydrogens (tertiary/aromatic N) is 2. The summed E-state index contributed by atoms with van der Waals surface area (Å²) in [5, 5.41) is 0.0852. The lowest BCUT2D eigenvalue weighted by Crippen LogP contribution is -2.26. The van der Waals surface area contributed by atoms with E-state index in [9.17, 15) is 4.39 Å². The van der Waals surface area contributed by atoms with E-state index >= 15 is 0 Å². The summed E-state index contributed by atoms with van der Waals surface area (Å²) >= 11 is 1.27. The minimum absolute atomic E-state index is 0.238. The lowest BCUT2D eigenvalue weighted by Gasteiger charge is -2.22. The number of halogens is 1. The summed E-state index contributed by atoms with van der Waals surface area (Å²) in [6.07, 6.45) is 0.698. The molecule has 0 fully saturated rings. The number of anilines is 2. The standard InChI is InChI=1S/C14H18FN5S/c1-2-10(16)13(8-5-3-4-6-9(8)15)21-14-19-11(17)7-12(18)20-14/h3-7,10,13H,2,16H2,1H3,(H4,17,18,19,20). The average Bonchev–Trinajstić information content (AvgIpc) is 2.44. The fourth-order valence-corrected chi connectivity index (χ4v) is 3.16. The molecule has 0 spiro atoms. The molecular formula is C14H18FN5S. The van der Waals surface area contributed by atoms with Crippen LogP contribution in [0.1, 0.15) is 24.2 Å². The number of hydrogen-bond acceptors (Lipinski definition) is 6. The summed E-state index contributed by atoms with van der Waals surface area (Å²) in [5.74, 6) is 0.264. The van der Waals surface area contributed by atoms with E-state index in [2.05, 4.69) is 9.97 Å². The van der Waals surface area contributed by atoms with E-state index in [1.807, 2.05) is 6.92 Å². The van der Waals surface area contributed by atoms with Crippen LogP contribution in [0.5, 0.6) is 0 Å². The Morgan fingerprint density at radius 3 is 2.38 bits per heavy atom. The van der Waals surface area contributed by atoms with Gasteiger partial charge < -0.3 is 17.2 Å². The van der Waals surface area contributed by atoms with Crippen molar-refractivity contribution in [3.63, 3.8) is 0 Å². The van der Waals surface area contributed by atoms with Crippen LogP contribution < -0.4 is 17.2 Å². The Morgan fingerprint density at radius 1 is 1.19 bits per heavy atom. The van der Waals surface area contributed by atoms with Gasteiger partial charge in [-0.15, -0.1) is 0 Å². The number of aromatic nitrogens is 2. The van der Waals surface area contributed by atoms with E-state index in [1.165, 1.54) is 23.9 Å². The van der Waals surface area contributed by atoms with Gasteiger partial charge in [0.1, 0.15) is 17.5 Å². The van der Waals surface area contributed by atoms with E-state index in [0.717, 1.165) is 0 Å². The van der Waals surface area contributed by atoms with Gasteiger partial charge in [-0.2, -0.15) is 0 Å². The molecule has 1 heterocycles. The first-order valence-electron chi connectivity index (χ1n) is 6.58. The Balaban J connectivity index is 2.35. The maximum Gasteiger partial charge on any atom is 0.192 e. The summed E-state index contributed by atoms with van der Waals surface area (Å²) in [4.78, 5) is 8.23. The highest BCUT2D eigenvalue weighted by Gasteiger charge is 2.24. The SMILES string of the molecule is CCC(N)C(Sc1nc(N)cc(N)n1)c1ccccc1F. The molecule has 0 saturated carbocycles. The lowest BCUT2D eigenvalue weighted by molar-refractivity contribution is 0.572. The number of nitrogen functional groups attached to an aromatic ring is 2. The molecule has 1 aromatic heterocycles. The van der Waals surface area contributed by atoms with Crippen LogP contribution in [0.2, 0.25) is 0 Å². The molecule has 2 aromatic rings. The predicted octanol–water partition coefficient (Wildman–Crippen LogP) is 2.35. The number of benzene rings is 1. The number of thioether (sulfide) groups is 1. The van der Waals surface area contributed by atoms with Crippen molar-refractivity contribution >= 4 is 23.4 Å². The minimum atomic E-state index is -0.308. The van der Waals surface area contributed by atoms with Crippen LogP contribution in [0, 0.1) is 5.82 Å². The van der Waals surface area contributed by atoms with Crippen molar-refractivity contribution in [2.45, 2.75) is 29.8 Å². The summed E-state index contributed by atoms with van der Waals surface area (Å²) in [6, 6.07) is 7.80. The van der Waals surface area contributed by atoms with Crippen molar-refractivity contribution in [2.24, 2.45) is 5.73 Å². The predicted molar refractivity (Wildman–Crippen MR) is 84.1 cm³/mol. The van der Waals surface area contributed by atoms with Gasteiger partial charge in [0, 0.05) is 17.7 Å². The molecule has 0 aliphatic rings. The maximum absolute atomic E-state index is 14.0. The van der Waals surface area contributed by atoms with Gasteiger partial charge in [-0.1, -0.05) is 36.9 Å². The molecule has 0 radical (unpaired) electrons. The van der Waals surface area contributed by atoms with Crippen LogP contribution in [0.15, 0.2) is 35.5 Å². The quantitative estimate of drug-likeness (QED) is 0.578. The average molecular weight is 307 g/mol. The zero-order valence-electron chi connectivity index (χ0n) is 11.7. The molecule has 7 heteroatoms. The molecule has 21 heavy (non-hydrogen) atoms. The van der Waals surface area contributed by atoms with Crippen molar-refractivity contribution in [3.05, 3.63) is 41.7 Å². The largest absolute Gasteiger partial charge is 0.383 e. The topological polar surface area (TPSA) is 104 Å². The molecule has 2 rings (SSSR count). The van der Waals surface area contributed by atoms with Gasteiger partial charge in [0.25, 0.3) is 0 Å². The van der Waals surface area contributed by atoms with Crippen molar-refractivity contribution in [1.82, 2.24) is 9.97 Å². The third-order valence-corrected chi connectivity index (χ3v) is 4.30. The van der Waals surface area contributed by atoms with Crippen molar-refractivity contribution < 1.29 is 4.39 Å². The first-order valence-corrected chi connectivity index (χ1v) is 7.46. The van der Waals surface area contributed by atoms with Crippen LogP contribution in [-0.2, 0) is 0 Å². The Bertz CT molecular complexity index is 602. The molecular weight excluding hydrogens is 289 g/mol. The summed E-state index contributed by atoms with van der Waals surface area (Å²) < 4.78 is 14.0. The zero-order chi connectivity index (χ0) is 15.4. The van der Waals surface area contributed by atoms with Crippen molar-refractivity contribution in [2.75, 3.05) is 11.5 Å². The van der Waals surface area contributed by atoms with Gasteiger partial charge in [-0.05, 0) is 12.5 Å². The molecule has 0 saturated heterocycles. The molecule has 6 N–H and O–H groups in total. The zero-order valence-corrected chi connectivity index (χ0v) is 12.5. The Morgan fingerprint density at radius 2 is 1.81 bits per heavy atom. The van der Waals surface area contributed by atoms with E-state index in [0.29, 0.717) is 17.1 Å². The second-order valence-electron chi connectivity index (χ2n) is 4.63. The smallest absolute Gasteiger partial charge is 0.192 e. The molecule has 2 unspecified atom stereocenters. The molecule has 1 aromatic carbocycles. The molecule has 0 aliphatic carbocycles. The van der Waals surface area contributed by atoms with Gasteiger partial charge in [-0.3, -0.25) is 0 Å². The van der Waals surface area contributed by atoms with E-state index in [4.69, 9.17) is 17.2 Å². The van der Waals surface area contributed by atoms with E-state index in [-0.39, 0.29) is 28.7 Å². The van der Waals surface area contributed by atoms with Gasteiger partial charge >= 0.3 is 0 Å². The number of nitrogens with two attached hydrogens (primary N) is 3. The van der Waals surface area contributed by atoms with Gasteiger partial charge in [-0.25, -0.2) is 14.4 Å². The second-order valence-corrected chi connectivity index (χ2v) is 5.74. The van der Waals surface area contributed by atoms with Crippen LogP contribution in [-0.4, -0.2) is 16.0 Å². The van der Waals surface area contributed by atoms with Crippen LogP contribution in [0.4, 0.5) is 16.0 Å². The molecule has 0 amide bonds.